The second kappa shape index (κ2) is 6.92. The summed E-state index contributed by atoms with van der Waals surface area (Å²) < 4.78 is 24.2. The zero-order chi connectivity index (χ0) is 16.4. The van der Waals surface area contributed by atoms with Gasteiger partial charge in [-0.3, -0.25) is 9.69 Å². The molecule has 0 aromatic carbocycles. The topological polar surface area (TPSA) is 71.7 Å². The third kappa shape index (κ3) is 3.87. The van der Waals surface area contributed by atoms with Crippen molar-refractivity contribution < 1.29 is 18.4 Å². The van der Waals surface area contributed by atoms with Crippen molar-refractivity contribution in [1.82, 2.24) is 19.9 Å². The Morgan fingerprint density at radius 1 is 1.52 bits per heavy atom. The number of carbonyl (C=O) groups is 1. The quantitative estimate of drug-likeness (QED) is 0.801. The van der Waals surface area contributed by atoms with Crippen LogP contribution in [0, 0.1) is 6.92 Å². The lowest BCUT2D eigenvalue weighted by Gasteiger charge is -2.28. The van der Waals surface area contributed by atoms with Gasteiger partial charge in [-0.25, -0.2) is 4.39 Å². The highest BCUT2D eigenvalue weighted by Gasteiger charge is 2.35. The van der Waals surface area contributed by atoms with Gasteiger partial charge in [0.05, 0.1) is 6.54 Å². The predicted octanol–water partition coefficient (Wildman–Crippen LogP) is 0.928. The molecule has 2 aliphatic heterocycles. The van der Waals surface area contributed by atoms with Crippen LogP contribution in [0.1, 0.15) is 31.0 Å². The van der Waals surface area contributed by atoms with Gasteiger partial charge in [-0.1, -0.05) is 5.16 Å². The fraction of sp³-hybridized carbons (Fsp3) is 0.800. The fourth-order valence-corrected chi connectivity index (χ4v) is 3.32. The van der Waals surface area contributed by atoms with Crippen molar-refractivity contribution in [3.63, 3.8) is 0 Å². The van der Waals surface area contributed by atoms with Crippen LogP contribution in [0.25, 0.3) is 0 Å². The van der Waals surface area contributed by atoms with Gasteiger partial charge in [0.25, 0.3) is 5.91 Å². The van der Waals surface area contributed by atoms with Crippen LogP contribution in [0.5, 0.6) is 0 Å². The van der Waals surface area contributed by atoms with Crippen LogP contribution in [0.3, 0.4) is 0 Å². The second-order valence-corrected chi connectivity index (χ2v) is 6.37. The number of aromatic nitrogens is 2. The average Bonchev–Trinajstić information content (AvgIpc) is 3.22. The molecule has 128 valence electrons. The van der Waals surface area contributed by atoms with Gasteiger partial charge in [0.15, 0.2) is 5.82 Å². The van der Waals surface area contributed by atoms with E-state index < -0.39 is 6.17 Å². The van der Waals surface area contributed by atoms with E-state index in [4.69, 9.17) is 9.26 Å². The molecular formula is C15H23FN4O3. The molecule has 3 heterocycles. The standard InChI is InChI=1S/C15H23FN4O3/c1-10-17-14(18-23-10)9-20-7-11(16)6-12(20)8-19(2)15(21)13-4-3-5-22-13/h11-13H,3-9H2,1-2H3/t11-,12-,13?/m0/s1. The highest BCUT2D eigenvalue weighted by atomic mass is 19.1. The summed E-state index contributed by atoms with van der Waals surface area (Å²) in [6.45, 7) is 3.62. The van der Waals surface area contributed by atoms with Crippen molar-refractivity contribution in [1.29, 1.82) is 0 Å². The molecule has 0 N–H and O–H groups in total. The first-order chi connectivity index (χ1) is 11.0. The third-order valence-corrected chi connectivity index (χ3v) is 4.46. The van der Waals surface area contributed by atoms with E-state index in [2.05, 4.69) is 10.1 Å². The van der Waals surface area contributed by atoms with E-state index in [1.807, 2.05) is 4.90 Å². The molecule has 7 nitrogen and oxygen atoms in total. The molecule has 0 aliphatic carbocycles. The first-order valence-electron chi connectivity index (χ1n) is 8.07. The number of nitrogens with zero attached hydrogens (tertiary/aromatic N) is 4. The number of rotatable bonds is 5. The summed E-state index contributed by atoms with van der Waals surface area (Å²) in [6.07, 6.45) is 0.879. The smallest absolute Gasteiger partial charge is 0.251 e. The number of halogens is 1. The number of ether oxygens (including phenoxy) is 1. The van der Waals surface area contributed by atoms with Crippen molar-refractivity contribution in [2.75, 3.05) is 26.7 Å². The van der Waals surface area contributed by atoms with Crippen molar-refractivity contribution in [2.45, 2.75) is 51.0 Å². The van der Waals surface area contributed by atoms with Crippen LogP contribution >= 0.6 is 0 Å². The van der Waals surface area contributed by atoms with Crippen molar-refractivity contribution in [2.24, 2.45) is 0 Å². The second-order valence-electron chi connectivity index (χ2n) is 6.37. The Morgan fingerprint density at radius 3 is 3.00 bits per heavy atom. The predicted molar refractivity (Wildman–Crippen MR) is 79.4 cm³/mol. The lowest BCUT2D eigenvalue weighted by molar-refractivity contribution is -0.140. The number of likely N-dealkylation sites (tertiary alicyclic amines) is 1. The Morgan fingerprint density at radius 2 is 2.35 bits per heavy atom. The van der Waals surface area contributed by atoms with Crippen LogP contribution < -0.4 is 0 Å². The van der Waals surface area contributed by atoms with Gasteiger partial charge >= 0.3 is 0 Å². The SMILES string of the molecule is Cc1nc(CN2C[C@@H](F)C[C@H]2CN(C)C(=O)C2CCCO2)no1. The van der Waals surface area contributed by atoms with Crippen molar-refractivity contribution >= 4 is 5.91 Å². The third-order valence-electron chi connectivity index (χ3n) is 4.46. The van der Waals surface area contributed by atoms with Gasteiger partial charge in [-0.05, 0) is 19.3 Å². The van der Waals surface area contributed by atoms with E-state index in [1.54, 1.807) is 18.9 Å². The number of hydrogen-bond acceptors (Lipinski definition) is 6. The molecule has 0 bridgehead atoms. The monoisotopic (exact) mass is 326 g/mol. The Balaban J connectivity index is 1.59. The Bertz CT molecular complexity index is 547. The number of carbonyl (C=O) groups excluding carboxylic acids is 1. The molecule has 0 saturated carbocycles. The molecule has 0 radical (unpaired) electrons. The molecule has 23 heavy (non-hydrogen) atoms. The summed E-state index contributed by atoms with van der Waals surface area (Å²) >= 11 is 0. The van der Waals surface area contributed by atoms with Gasteiger partial charge in [0.1, 0.15) is 12.3 Å². The summed E-state index contributed by atoms with van der Waals surface area (Å²) in [7, 11) is 1.76. The molecule has 1 aromatic rings. The van der Waals surface area contributed by atoms with Crippen LogP contribution in [-0.4, -0.2) is 70.9 Å². The van der Waals surface area contributed by atoms with Crippen molar-refractivity contribution in [3.05, 3.63) is 11.7 Å². The molecule has 2 aliphatic rings. The summed E-state index contributed by atoms with van der Waals surface area (Å²) in [5.41, 5.74) is 0. The summed E-state index contributed by atoms with van der Waals surface area (Å²) in [5.74, 6) is 1.04. The maximum Gasteiger partial charge on any atom is 0.251 e. The maximum atomic E-state index is 13.9. The van der Waals surface area contributed by atoms with E-state index in [0.717, 1.165) is 12.8 Å². The van der Waals surface area contributed by atoms with Crippen LogP contribution in [0.2, 0.25) is 0 Å². The fourth-order valence-electron chi connectivity index (χ4n) is 3.32. The number of amides is 1. The highest BCUT2D eigenvalue weighted by Crippen LogP contribution is 2.23. The average molecular weight is 326 g/mol. The zero-order valence-electron chi connectivity index (χ0n) is 13.6. The Kier molecular flexibility index (Phi) is 4.91. The number of alkyl halides is 1. The minimum atomic E-state index is -0.890. The minimum Gasteiger partial charge on any atom is -0.368 e. The van der Waals surface area contributed by atoms with Crippen LogP contribution in [-0.2, 0) is 16.1 Å². The van der Waals surface area contributed by atoms with Crippen LogP contribution in [0.4, 0.5) is 4.39 Å². The number of hydrogen-bond donors (Lipinski definition) is 0. The Hall–Kier alpha value is -1.54. The van der Waals surface area contributed by atoms with Gasteiger partial charge in [-0.2, -0.15) is 4.98 Å². The molecular weight excluding hydrogens is 303 g/mol. The van der Waals surface area contributed by atoms with Gasteiger partial charge < -0.3 is 14.2 Å². The molecule has 3 rings (SSSR count). The van der Waals surface area contributed by atoms with Crippen molar-refractivity contribution in [3.8, 4) is 0 Å². The summed E-state index contributed by atoms with van der Waals surface area (Å²) in [4.78, 5) is 20.1. The Labute approximate surface area is 134 Å². The molecule has 0 spiro atoms. The van der Waals surface area contributed by atoms with E-state index in [1.165, 1.54) is 0 Å². The molecule has 8 heteroatoms. The molecule has 1 aromatic heterocycles. The normalized spacial score (nSPS) is 28.4. The first kappa shape index (κ1) is 16.3. The molecule has 3 atom stereocenters. The van der Waals surface area contributed by atoms with E-state index >= 15 is 0 Å². The maximum absolute atomic E-state index is 13.9. The highest BCUT2D eigenvalue weighted by molar-refractivity contribution is 5.80. The number of aryl methyl sites for hydroxylation is 1. The van der Waals surface area contributed by atoms with Gasteiger partial charge in [0, 0.05) is 39.7 Å². The van der Waals surface area contributed by atoms with Crippen LogP contribution in [0.15, 0.2) is 4.52 Å². The van der Waals surface area contributed by atoms with E-state index in [9.17, 15) is 9.18 Å². The zero-order valence-corrected chi connectivity index (χ0v) is 13.6. The van der Waals surface area contributed by atoms with E-state index in [-0.39, 0.29) is 18.1 Å². The molecule has 2 saturated heterocycles. The van der Waals surface area contributed by atoms with E-state index in [0.29, 0.717) is 44.4 Å². The summed E-state index contributed by atoms with van der Waals surface area (Å²) in [5, 5.41) is 3.87. The minimum absolute atomic E-state index is 0.0137. The van der Waals surface area contributed by atoms with Gasteiger partial charge in [-0.15, -0.1) is 0 Å². The lowest BCUT2D eigenvalue weighted by atomic mass is 10.1. The molecule has 1 amide bonds. The number of likely N-dealkylation sites (N-methyl/N-ethyl adjacent to an activating group) is 1. The van der Waals surface area contributed by atoms with Gasteiger partial charge in [0.2, 0.25) is 5.89 Å². The first-order valence-corrected chi connectivity index (χ1v) is 8.07. The lowest BCUT2D eigenvalue weighted by Crippen LogP contribution is -2.44. The molecule has 2 fully saturated rings. The largest absolute Gasteiger partial charge is 0.368 e. The summed E-state index contributed by atoms with van der Waals surface area (Å²) in [6, 6.07) is -0.0424. The molecule has 1 unspecified atom stereocenters.